The van der Waals surface area contributed by atoms with E-state index in [2.05, 4.69) is 6.07 Å². The molecule has 4 nitrogen and oxygen atoms in total. The van der Waals surface area contributed by atoms with Crippen LogP contribution in [-0.4, -0.2) is 29.1 Å². The molecule has 0 aliphatic heterocycles. The van der Waals surface area contributed by atoms with Crippen LogP contribution in [0.4, 0.5) is 0 Å². The Morgan fingerprint density at radius 2 is 2.29 bits per heavy atom. The number of carbonyl (C=O) groups is 1. The quantitative estimate of drug-likeness (QED) is 0.813. The molecule has 1 aromatic carbocycles. The summed E-state index contributed by atoms with van der Waals surface area (Å²) in [6, 6.07) is 9.34. The molecule has 0 aliphatic carbocycles. The van der Waals surface area contributed by atoms with Crippen LogP contribution in [0.3, 0.4) is 0 Å². The van der Waals surface area contributed by atoms with E-state index in [4.69, 9.17) is 10.4 Å². The maximum absolute atomic E-state index is 10.7. The molecular formula is C13H16N2O2. The summed E-state index contributed by atoms with van der Waals surface area (Å²) in [5.74, 6) is -0.824. The van der Waals surface area contributed by atoms with E-state index in [-0.39, 0.29) is 6.54 Å². The van der Waals surface area contributed by atoms with Gasteiger partial charge in [0.15, 0.2) is 0 Å². The molecule has 0 fully saturated rings. The maximum atomic E-state index is 10.7. The molecule has 0 radical (unpaired) electrons. The van der Waals surface area contributed by atoms with Crippen molar-refractivity contribution >= 4 is 5.97 Å². The molecular weight excluding hydrogens is 216 g/mol. The van der Waals surface area contributed by atoms with Crippen LogP contribution in [0.1, 0.15) is 24.5 Å². The van der Waals surface area contributed by atoms with Crippen molar-refractivity contribution in [1.29, 1.82) is 5.26 Å². The van der Waals surface area contributed by atoms with Crippen LogP contribution in [0.2, 0.25) is 0 Å². The Hall–Kier alpha value is -1.86. The Bertz CT molecular complexity index is 424. The highest BCUT2D eigenvalue weighted by Gasteiger charge is 2.09. The molecule has 0 saturated heterocycles. The van der Waals surface area contributed by atoms with Crippen molar-refractivity contribution in [1.82, 2.24) is 4.90 Å². The van der Waals surface area contributed by atoms with Gasteiger partial charge < -0.3 is 5.11 Å². The van der Waals surface area contributed by atoms with E-state index < -0.39 is 5.97 Å². The second-order valence-electron chi connectivity index (χ2n) is 3.92. The number of hydrogen-bond acceptors (Lipinski definition) is 3. The first-order chi connectivity index (χ1) is 8.15. The highest BCUT2D eigenvalue weighted by molar-refractivity contribution is 5.69. The van der Waals surface area contributed by atoms with Crippen molar-refractivity contribution in [2.75, 3.05) is 13.1 Å². The zero-order chi connectivity index (χ0) is 12.7. The predicted octanol–water partition coefficient (Wildman–Crippen LogP) is 1.85. The van der Waals surface area contributed by atoms with Gasteiger partial charge in [-0.25, -0.2) is 0 Å². The second kappa shape index (κ2) is 6.66. The molecule has 0 heterocycles. The summed E-state index contributed by atoms with van der Waals surface area (Å²) in [5, 5.41) is 17.6. The van der Waals surface area contributed by atoms with Crippen LogP contribution >= 0.6 is 0 Å². The Kier molecular flexibility index (Phi) is 5.18. The molecule has 0 bridgehead atoms. The highest BCUT2D eigenvalue weighted by atomic mass is 16.4. The van der Waals surface area contributed by atoms with Crippen molar-refractivity contribution < 1.29 is 9.90 Å². The van der Waals surface area contributed by atoms with Crippen LogP contribution < -0.4 is 0 Å². The molecule has 0 aromatic heterocycles. The van der Waals surface area contributed by atoms with Crippen molar-refractivity contribution in [2.45, 2.75) is 19.9 Å². The van der Waals surface area contributed by atoms with E-state index in [0.717, 1.165) is 18.5 Å². The first-order valence-corrected chi connectivity index (χ1v) is 5.59. The predicted molar refractivity (Wildman–Crippen MR) is 64.4 cm³/mol. The smallest absolute Gasteiger partial charge is 0.317 e. The van der Waals surface area contributed by atoms with Crippen molar-refractivity contribution in [2.24, 2.45) is 0 Å². The average Bonchev–Trinajstić information content (AvgIpc) is 2.29. The lowest BCUT2D eigenvalue weighted by atomic mass is 10.1. The number of benzene rings is 1. The summed E-state index contributed by atoms with van der Waals surface area (Å²) in [5.41, 5.74) is 1.58. The van der Waals surface area contributed by atoms with Crippen LogP contribution in [-0.2, 0) is 11.3 Å². The molecule has 1 N–H and O–H groups in total. The summed E-state index contributed by atoms with van der Waals surface area (Å²) in [4.78, 5) is 12.6. The topological polar surface area (TPSA) is 64.3 Å². The first kappa shape index (κ1) is 13.2. The zero-order valence-corrected chi connectivity index (χ0v) is 9.89. The number of rotatable bonds is 6. The van der Waals surface area contributed by atoms with Crippen LogP contribution in [0.5, 0.6) is 0 Å². The van der Waals surface area contributed by atoms with Crippen LogP contribution in [0.15, 0.2) is 24.3 Å². The number of nitriles is 1. The van der Waals surface area contributed by atoms with Gasteiger partial charge in [0.1, 0.15) is 0 Å². The normalized spacial score (nSPS) is 10.2. The molecule has 17 heavy (non-hydrogen) atoms. The number of hydrogen-bond donors (Lipinski definition) is 1. The van der Waals surface area contributed by atoms with Crippen molar-refractivity contribution in [3.8, 4) is 6.07 Å². The largest absolute Gasteiger partial charge is 0.480 e. The fraction of sp³-hybridized carbons (Fsp3) is 0.385. The monoisotopic (exact) mass is 232 g/mol. The number of nitrogens with zero attached hydrogens (tertiary/aromatic N) is 2. The van der Waals surface area contributed by atoms with Crippen molar-refractivity contribution in [3.63, 3.8) is 0 Å². The Balaban J connectivity index is 2.71. The van der Waals surface area contributed by atoms with Gasteiger partial charge >= 0.3 is 5.97 Å². The molecule has 0 amide bonds. The summed E-state index contributed by atoms with van der Waals surface area (Å²) in [7, 11) is 0. The summed E-state index contributed by atoms with van der Waals surface area (Å²) in [6.45, 7) is 3.35. The molecule has 90 valence electrons. The van der Waals surface area contributed by atoms with Crippen molar-refractivity contribution in [3.05, 3.63) is 35.4 Å². The van der Waals surface area contributed by atoms with Gasteiger partial charge in [0.25, 0.3) is 0 Å². The number of carboxylic acid groups (broad SMARTS) is 1. The van der Waals surface area contributed by atoms with Gasteiger partial charge in [0, 0.05) is 6.54 Å². The molecule has 0 atom stereocenters. The van der Waals surface area contributed by atoms with E-state index in [1.807, 2.05) is 24.0 Å². The number of carboxylic acids is 1. The van der Waals surface area contributed by atoms with Gasteiger partial charge in [-0.1, -0.05) is 19.1 Å². The molecule has 4 heteroatoms. The lowest BCUT2D eigenvalue weighted by Crippen LogP contribution is -2.30. The zero-order valence-electron chi connectivity index (χ0n) is 9.89. The van der Waals surface area contributed by atoms with E-state index in [1.54, 1.807) is 12.1 Å². The third-order valence-electron chi connectivity index (χ3n) is 2.36. The van der Waals surface area contributed by atoms with Crippen LogP contribution in [0.25, 0.3) is 0 Å². The molecule has 0 unspecified atom stereocenters. The van der Waals surface area contributed by atoms with E-state index in [9.17, 15) is 4.79 Å². The fourth-order valence-electron chi connectivity index (χ4n) is 1.72. The highest BCUT2D eigenvalue weighted by Crippen LogP contribution is 2.08. The average molecular weight is 232 g/mol. The lowest BCUT2D eigenvalue weighted by Gasteiger charge is -2.19. The minimum atomic E-state index is -0.824. The van der Waals surface area contributed by atoms with Gasteiger partial charge in [0.2, 0.25) is 0 Å². The first-order valence-electron chi connectivity index (χ1n) is 5.59. The van der Waals surface area contributed by atoms with Gasteiger partial charge in [-0.2, -0.15) is 5.26 Å². The molecule has 1 aromatic rings. The Labute approximate surface area is 101 Å². The SMILES string of the molecule is CCCN(CC(=O)O)Cc1cccc(C#N)c1. The van der Waals surface area contributed by atoms with E-state index in [1.165, 1.54) is 0 Å². The Morgan fingerprint density at radius 3 is 2.88 bits per heavy atom. The fourth-order valence-corrected chi connectivity index (χ4v) is 1.72. The summed E-state index contributed by atoms with van der Waals surface area (Å²) >= 11 is 0. The van der Waals surface area contributed by atoms with Gasteiger partial charge in [-0.3, -0.25) is 9.69 Å². The second-order valence-corrected chi connectivity index (χ2v) is 3.92. The maximum Gasteiger partial charge on any atom is 0.317 e. The summed E-state index contributed by atoms with van der Waals surface area (Å²) in [6.07, 6.45) is 0.908. The molecule has 0 spiro atoms. The van der Waals surface area contributed by atoms with E-state index in [0.29, 0.717) is 12.1 Å². The third kappa shape index (κ3) is 4.66. The van der Waals surface area contributed by atoms with Gasteiger partial charge in [-0.15, -0.1) is 0 Å². The Morgan fingerprint density at radius 1 is 1.53 bits per heavy atom. The molecule has 0 saturated carbocycles. The number of aliphatic carboxylic acids is 1. The van der Waals surface area contributed by atoms with Crippen LogP contribution in [0, 0.1) is 11.3 Å². The minimum Gasteiger partial charge on any atom is -0.480 e. The minimum absolute atomic E-state index is 0.0324. The summed E-state index contributed by atoms with van der Waals surface area (Å²) < 4.78 is 0. The lowest BCUT2D eigenvalue weighted by molar-refractivity contribution is -0.138. The molecule has 0 aliphatic rings. The van der Waals surface area contributed by atoms with E-state index >= 15 is 0 Å². The van der Waals surface area contributed by atoms with Gasteiger partial charge in [0.05, 0.1) is 18.2 Å². The third-order valence-corrected chi connectivity index (χ3v) is 2.36. The standard InChI is InChI=1S/C13H16N2O2/c1-2-6-15(10-13(16)17)9-12-5-3-4-11(7-12)8-14/h3-5,7H,2,6,9-10H2,1H3,(H,16,17). The molecule has 1 rings (SSSR count). The van der Waals surface area contributed by atoms with Gasteiger partial charge in [-0.05, 0) is 30.7 Å².